The molecule has 0 aliphatic heterocycles. The summed E-state index contributed by atoms with van der Waals surface area (Å²) < 4.78 is 1.97. The minimum Gasteiger partial charge on any atom is -0.309 e. The first kappa shape index (κ1) is 16.4. The topological polar surface area (TPSA) is 17.3 Å². The van der Waals surface area contributed by atoms with Crippen LogP contribution in [0.4, 0.5) is 0 Å². The molecule has 0 aliphatic carbocycles. The van der Waals surface area contributed by atoms with Crippen LogP contribution in [0.1, 0.15) is 14.9 Å². The molecular weight excluding hydrogens is 256 g/mol. The fourth-order valence-electron chi connectivity index (χ4n) is 2.00. The molecule has 0 saturated heterocycles. The van der Waals surface area contributed by atoms with Crippen LogP contribution in [0, 0.1) is 0 Å². The van der Waals surface area contributed by atoms with Gasteiger partial charge in [-0.25, -0.2) is 4.98 Å². The van der Waals surface area contributed by atoms with Crippen LogP contribution in [-0.2, 0) is 0 Å². The quantitative estimate of drug-likeness (QED) is 0.418. The van der Waals surface area contributed by atoms with Crippen LogP contribution in [-0.4, -0.2) is 9.38 Å². The number of hydrogen-bond donors (Lipinski definition) is 0. The van der Waals surface area contributed by atoms with Crippen LogP contribution >= 0.6 is 0 Å². The molecule has 2 aromatic carbocycles. The molecule has 2 heterocycles. The lowest BCUT2D eigenvalue weighted by Gasteiger charge is -1.92. The van der Waals surface area contributed by atoms with E-state index >= 15 is 0 Å². The number of hydrogen-bond acceptors (Lipinski definition) is 1. The molecule has 0 aliphatic rings. The van der Waals surface area contributed by atoms with Gasteiger partial charge in [0.1, 0.15) is 5.65 Å². The van der Waals surface area contributed by atoms with E-state index in [2.05, 4.69) is 53.5 Å². The van der Waals surface area contributed by atoms with Gasteiger partial charge in [-0.3, -0.25) is 0 Å². The van der Waals surface area contributed by atoms with Crippen molar-refractivity contribution in [3.8, 4) is 0 Å². The summed E-state index contributed by atoms with van der Waals surface area (Å²) in [4.78, 5) is 4.10. The van der Waals surface area contributed by atoms with Gasteiger partial charge in [0, 0.05) is 18.6 Å². The van der Waals surface area contributed by atoms with E-state index in [1.165, 1.54) is 10.8 Å². The van der Waals surface area contributed by atoms with Crippen LogP contribution in [0.3, 0.4) is 0 Å². The Labute approximate surface area is 126 Å². The van der Waals surface area contributed by atoms with Crippen molar-refractivity contribution in [2.45, 2.75) is 14.9 Å². The summed E-state index contributed by atoms with van der Waals surface area (Å²) in [6.07, 6.45) is 5.74. The van der Waals surface area contributed by atoms with E-state index in [9.17, 15) is 0 Å². The molecule has 4 aromatic rings. The Hall–Kier alpha value is -2.61. The Bertz CT molecular complexity index is 692. The summed E-state index contributed by atoms with van der Waals surface area (Å²) in [5.74, 6) is 0. The summed E-state index contributed by atoms with van der Waals surface area (Å²) in [5, 5.41) is 2.62. The Morgan fingerprint density at radius 2 is 1.14 bits per heavy atom. The molecule has 0 fully saturated rings. The minimum atomic E-state index is 0. The summed E-state index contributed by atoms with van der Waals surface area (Å²) in [6.45, 7) is 0. The molecule has 2 aromatic heterocycles. The molecule has 2 heteroatoms. The highest BCUT2D eigenvalue weighted by atomic mass is 14.9. The number of nitrogens with zero attached hydrogens (tertiary/aromatic N) is 2. The molecule has 4 rings (SSSR count). The van der Waals surface area contributed by atoms with Gasteiger partial charge in [-0.05, 0) is 29.0 Å². The molecule has 0 atom stereocenters. The van der Waals surface area contributed by atoms with Gasteiger partial charge in [-0.1, -0.05) is 63.4 Å². The predicted molar refractivity (Wildman–Crippen MR) is 92.6 cm³/mol. The molecule has 0 amide bonds. The van der Waals surface area contributed by atoms with Crippen molar-refractivity contribution in [2.24, 2.45) is 0 Å². The zero-order valence-corrected chi connectivity index (χ0v) is 10.5. The monoisotopic (exact) mass is 278 g/mol. The maximum absolute atomic E-state index is 4.10. The van der Waals surface area contributed by atoms with E-state index in [-0.39, 0.29) is 14.9 Å². The highest BCUT2D eigenvalue weighted by Gasteiger charge is 1.86. The van der Waals surface area contributed by atoms with Crippen molar-refractivity contribution in [1.29, 1.82) is 0 Å². The lowest BCUT2D eigenvalue weighted by molar-refractivity contribution is 1.13. The molecule has 0 spiro atoms. The zero-order chi connectivity index (χ0) is 12.9. The Balaban J connectivity index is 0.000000192. The van der Waals surface area contributed by atoms with Crippen molar-refractivity contribution in [1.82, 2.24) is 9.38 Å². The summed E-state index contributed by atoms with van der Waals surface area (Å²) in [7, 11) is 0. The summed E-state index contributed by atoms with van der Waals surface area (Å²) in [6, 6.07) is 22.6. The molecule has 0 radical (unpaired) electrons. The predicted octanol–water partition coefficient (Wildman–Crippen LogP) is 5.45. The van der Waals surface area contributed by atoms with E-state index in [1.807, 2.05) is 35.0 Å². The second-order valence-electron chi connectivity index (χ2n) is 4.24. The van der Waals surface area contributed by atoms with Crippen molar-refractivity contribution in [3.05, 3.63) is 85.3 Å². The second kappa shape index (κ2) is 7.85. The van der Waals surface area contributed by atoms with Crippen molar-refractivity contribution in [3.63, 3.8) is 0 Å². The lowest BCUT2D eigenvalue weighted by atomic mass is 10.1. The largest absolute Gasteiger partial charge is 0.309 e. The van der Waals surface area contributed by atoms with E-state index in [4.69, 9.17) is 0 Å². The number of benzene rings is 2. The first-order valence-electron chi connectivity index (χ1n) is 6.25. The number of aromatic nitrogens is 2. The standard InChI is InChI=1S/C10H8.C7H6N2.2CH4/c1-2-6-10-8-4-3-7-9(10)5-1;1-3-7-8-4-2-6-9(7)5-1;;/h1-8H;1-6H;2*1H4. The molecule has 0 unspecified atom stereocenters. The lowest BCUT2D eigenvalue weighted by Crippen LogP contribution is -1.80. The summed E-state index contributed by atoms with van der Waals surface area (Å²) >= 11 is 0. The SMILES string of the molecule is C.C.c1ccc2ccccc2c1.c1cnc2cccn2c1. The van der Waals surface area contributed by atoms with Crippen LogP contribution < -0.4 is 0 Å². The molecule has 108 valence electrons. The second-order valence-corrected chi connectivity index (χ2v) is 4.24. The van der Waals surface area contributed by atoms with E-state index in [0.29, 0.717) is 0 Å². The van der Waals surface area contributed by atoms with E-state index in [1.54, 1.807) is 6.20 Å². The fraction of sp³-hybridized carbons (Fsp3) is 0.105. The third-order valence-corrected chi connectivity index (χ3v) is 2.95. The van der Waals surface area contributed by atoms with Gasteiger partial charge in [-0.2, -0.15) is 0 Å². The van der Waals surface area contributed by atoms with Gasteiger partial charge in [0.05, 0.1) is 0 Å². The minimum absolute atomic E-state index is 0. The highest BCUT2D eigenvalue weighted by Crippen LogP contribution is 2.11. The Kier molecular flexibility index (Phi) is 6.15. The van der Waals surface area contributed by atoms with E-state index in [0.717, 1.165) is 5.65 Å². The molecule has 2 nitrogen and oxygen atoms in total. The average molecular weight is 278 g/mol. The van der Waals surface area contributed by atoms with Gasteiger partial charge in [0.25, 0.3) is 0 Å². The third kappa shape index (κ3) is 3.93. The maximum Gasteiger partial charge on any atom is 0.136 e. The van der Waals surface area contributed by atoms with Crippen LogP contribution in [0.2, 0.25) is 0 Å². The number of rotatable bonds is 0. The first-order valence-corrected chi connectivity index (χ1v) is 6.25. The normalized spacial score (nSPS) is 9.14. The van der Waals surface area contributed by atoms with Gasteiger partial charge in [0.2, 0.25) is 0 Å². The molecule has 0 bridgehead atoms. The van der Waals surface area contributed by atoms with Gasteiger partial charge in [0.15, 0.2) is 0 Å². The maximum atomic E-state index is 4.10. The van der Waals surface area contributed by atoms with Crippen molar-refractivity contribution < 1.29 is 0 Å². The van der Waals surface area contributed by atoms with Crippen LogP contribution in [0.15, 0.2) is 85.3 Å². The molecule has 21 heavy (non-hydrogen) atoms. The Morgan fingerprint density at radius 3 is 1.67 bits per heavy atom. The van der Waals surface area contributed by atoms with Crippen molar-refractivity contribution >= 4 is 16.4 Å². The Morgan fingerprint density at radius 1 is 0.619 bits per heavy atom. The van der Waals surface area contributed by atoms with Crippen molar-refractivity contribution in [2.75, 3.05) is 0 Å². The fourth-order valence-corrected chi connectivity index (χ4v) is 2.00. The van der Waals surface area contributed by atoms with Gasteiger partial charge >= 0.3 is 0 Å². The van der Waals surface area contributed by atoms with Crippen LogP contribution in [0.25, 0.3) is 16.4 Å². The zero-order valence-electron chi connectivity index (χ0n) is 10.5. The molecular formula is C19H22N2. The number of fused-ring (bicyclic) bond motifs is 2. The molecule has 0 N–H and O–H groups in total. The smallest absolute Gasteiger partial charge is 0.136 e. The van der Waals surface area contributed by atoms with Crippen LogP contribution in [0.5, 0.6) is 0 Å². The third-order valence-electron chi connectivity index (χ3n) is 2.95. The van der Waals surface area contributed by atoms with E-state index < -0.39 is 0 Å². The highest BCUT2D eigenvalue weighted by molar-refractivity contribution is 5.81. The first-order chi connectivity index (χ1) is 9.43. The van der Waals surface area contributed by atoms with Gasteiger partial charge < -0.3 is 4.40 Å². The van der Waals surface area contributed by atoms with Gasteiger partial charge in [-0.15, -0.1) is 0 Å². The molecule has 0 saturated carbocycles. The average Bonchev–Trinajstić information content (AvgIpc) is 2.96. The summed E-state index contributed by atoms with van der Waals surface area (Å²) in [5.41, 5.74) is 0.998.